The molecular weight excluding hydrogens is 572 g/mol. The van der Waals surface area contributed by atoms with Gasteiger partial charge in [-0.1, -0.05) is 128 Å². The third-order valence-corrected chi connectivity index (χ3v) is 6.72. The fourth-order valence-electron chi connectivity index (χ4n) is 3.63. The lowest BCUT2D eigenvalue weighted by atomic mass is 10.0. The van der Waals surface area contributed by atoms with E-state index in [0.29, 0.717) is 10.6 Å². The Morgan fingerprint density at radius 3 is 1.31 bits per heavy atom. The molecule has 45 heavy (non-hydrogen) atoms. The molecule has 238 valence electrons. The molecule has 0 unspecified atom stereocenters. The van der Waals surface area contributed by atoms with Gasteiger partial charge in [-0.3, -0.25) is 4.79 Å². The zero-order chi connectivity index (χ0) is 34.2. The highest BCUT2D eigenvalue weighted by atomic mass is 35.5. The lowest BCUT2D eigenvalue weighted by Gasteiger charge is -2.04. The Kier molecular flexibility index (Phi) is 21.5. The normalized spacial score (nSPS) is 10.7. The van der Waals surface area contributed by atoms with Crippen LogP contribution in [0.2, 0.25) is 0 Å². The maximum absolute atomic E-state index is 11.1. The van der Waals surface area contributed by atoms with Gasteiger partial charge in [-0.25, -0.2) is 0 Å². The Labute approximate surface area is 277 Å². The van der Waals surface area contributed by atoms with E-state index in [1.54, 1.807) is 7.05 Å². The van der Waals surface area contributed by atoms with E-state index >= 15 is 0 Å². The summed E-state index contributed by atoms with van der Waals surface area (Å²) in [6.45, 7) is 22.1. The van der Waals surface area contributed by atoms with Gasteiger partial charge >= 0.3 is 0 Å². The van der Waals surface area contributed by atoms with Crippen LogP contribution in [-0.2, 0) is 0 Å². The van der Waals surface area contributed by atoms with Crippen molar-refractivity contribution in [2.24, 2.45) is 10.7 Å². The van der Waals surface area contributed by atoms with Gasteiger partial charge in [-0.15, -0.1) is 0 Å². The molecule has 1 amide bonds. The van der Waals surface area contributed by atoms with Gasteiger partial charge in [0.25, 0.3) is 0 Å². The first kappa shape index (κ1) is 40.5. The molecule has 5 rings (SSSR count). The first-order valence-electron chi connectivity index (χ1n) is 14.9. The molecule has 2 N–H and O–H groups in total. The predicted octanol–water partition coefficient (Wildman–Crippen LogP) is 11.8. The van der Waals surface area contributed by atoms with Gasteiger partial charge in [0.15, 0.2) is 0 Å². The van der Waals surface area contributed by atoms with Gasteiger partial charge < -0.3 is 10.7 Å². The Morgan fingerprint density at radius 1 is 0.756 bits per heavy atom. The van der Waals surface area contributed by atoms with Crippen LogP contribution in [0, 0.1) is 20.8 Å². The zero-order valence-electron chi connectivity index (χ0n) is 28.2. The van der Waals surface area contributed by atoms with E-state index in [2.05, 4.69) is 99.4 Å². The standard InChI is InChI=1S/C12H11NO.C12H12.C6H8.C5H7Cl.C4H8.C2H5N/c1-8-6-9-4-2-3-5-10(9)7-11(8)12(13)14;1-9-7-11-5-3-4-6-12(11)8-10(9)2;1-2-4-6-5-3-1;1-4(2)5(3)6;1-3-4-2;1-3-2/h2-7H,1H3,(H2,13,14);3-8H,1-2H3;1-4H,5-6H2;1,3H2,2H3;3-4H,1-2H3;1H2,2H3/b;;;;4-3-;. The number of hydrogen-bond donors (Lipinski definition) is 1. The molecule has 0 saturated heterocycles. The number of allylic oxidation sites excluding steroid dienone is 8. The first-order valence-corrected chi connectivity index (χ1v) is 15.3. The molecule has 4 aromatic rings. The highest BCUT2D eigenvalue weighted by molar-refractivity contribution is 6.31. The molecule has 4 heteroatoms. The van der Waals surface area contributed by atoms with E-state index in [1.807, 2.05) is 76.2 Å². The van der Waals surface area contributed by atoms with Crippen LogP contribution in [0.1, 0.15) is 60.7 Å². The third kappa shape index (κ3) is 17.4. The summed E-state index contributed by atoms with van der Waals surface area (Å²) in [6.07, 6.45) is 15.0. The molecule has 4 aromatic carbocycles. The summed E-state index contributed by atoms with van der Waals surface area (Å²) >= 11 is 5.32. The van der Waals surface area contributed by atoms with Crippen LogP contribution in [0.4, 0.5) is 0 Å². The second-order valence-electron chi connectivity index (χ2n) is 10.3. The number of halogens is 1. The summed E-state index contributed by atoms with van der Waals surface area (Å²) in [5.74, 6) is -0.367. The molecule has 0 radical (unpaired) electrons. The minimum Gasteiger partial charge on any atom is -0.366 e. The van der Waals surface area contributed by atoms with Crippen LogP contribution < -0.4 is 5.73 Å². The van der Waals surface area contributed by atoms with Gasteiger partial charge in [0.2, 0.25) is 5.91 Å². The quantitative estimate of drug-likeness (QED) is 0.135. The number of nitrogens with zero attached hydrogens (tertiary/aromatic N) is 1. The molecule has 0 aliphatic heterocycles. The van der Waals surface area contributed by atoms with Crippen LogP contribution in [0.25, 0.3) is 21.5 Å². The summed E-state index contributed by atoms with van der Waals surface area (Å²) in [4.78, 5) is 14.3. The Bertz CT molecular complexity index is 1540. The highest BCUT2D eigenvalue weighted by Gasteiger charge is 2.05. The van der Waals surface area contributed by atoms with E-state index in [0.717, 1.165) is 21.9 Å². The monoisotopic (exact) mass is 622 g/mol. The van der Waals surface area contributed by atoms with Crippen molar-refractivity contribution in [1.82, 2.24) is 0 Å². The van der Waals surface area contributed by atoms with E-state index in [4.69, 9.17) is 17.3 Å². The lowest BCUT2D eigenvalue weighted by molar-refractivity contribution is 0.1000. The second-order valence-corrected chi connectivity index (χ2v) is 10.7. The Balaban J connectivity index is 0.000000563. The zero-order valence-corrected chi connectivity index (χ0v) is 29.0. The number of benzene rings is 4. The van der Waals surface area contributed by atoms with Crippen LogP contribution in [0.3, 0.4) is 0 Å². The topological polar surface area (TPSA) is 55.4 Å². The number of aliphatic imine (C=N–C) groups is 1. The van der Waals surface area contributed by atoms with Crippen LogP contribution in [0.5, 0.6) is 0 Å². The Hall–Kier alpha value is -4.47. The second kappa shape index (κ2) is 23.9. The van der Waals surface area contributed by atoms with Crippen molar-refractivity contribution in [1.29, 1.82) is 0 Å². The summed E-state index contributed by atoms with van der Waals surface area (Å²) in [5, 5.41) is 5.39. The molecule has 0 bridgehead atoms. The number of carbonyl (C=O) groups excluding carboxylic acids is 1. The highest BCUT2D eigenvalue weighted by Crippen LogP contribution is 2.19. The van der Waals surface area contributed by atoms with E-state index in [1.165, 1.54) is 34.7 Å². The number of rotatable bonds is 2. The first-order chi connectivity index (χ1) is 21.4. The fraction of sp³-hybridized carbons (Fsp3) is 0.220. The molecule has 0 aromatic heterocycles. The van der Waals surface area contributed by atoms with Crippen molar-refractivity contribution in [3.63, 3.8) is 0 Å². The predicted molar refractivity (Wildman–Crippen MR) is 204 cm³/mol. The van der Waals surface area contributed by atoms with Crippen molar-refractivity contribution < 1.29 is 4.79 Å². The van der Waals surface area contributed by atoms with Gasteiger partial charge in [0.1, 0.15) is 0 Å². The van der Waals surface area contributed by atoms with E-state index in [-0.39, 0.29) is 5.91 Å². The van der Waals surface area contributed by atoms with Crippen molar-refractivity contribution in [3.05, 3.63) is 155 Å². The maximum Gasteiger partial charge on any atom is 0.248 e. The molecule has 0 fully saturated rings. The number of aryl methyl sites for hydroxylation is 3. The smallest absolute Gasteiger partial charge is 0.248 e. The number of primary amides is 1. The molecule has 1 aliphatic rings. The molecule has 0 spiro atoms. The minimum atomic E-state index is -0.367. The number of carbonyl (C=O) groups is 1. The number of nitrogens with two attached hydrogens (primary N) is 1. The third-order valence-electron chi connectivity index (χ3n) is 6.40. The molecule has 1 aliphatic carbocycles. The summed E-state index contributed by atoms with van der Waals surface area (Å²) in [7, 11) is 1.64. The van der Waals surface area contributed by atoms with Crippen molar-refractivity contribution in [2.75, 3.05) is 7.05 Å². The number of amides is 1. The number of fused-ring (bicyclic) bond motifs is 2. The summed E-state index contributed by atoms with van der Waals surface area (Å²) in [5.41, 5.74) is 10.4. The molecule has 0 saturated carbocycles. The lowest BCUT2D eigenvalue weighted by Crippen LogP contribution is -2.12. The SMILES string of the molecule is C/C=C\C.C1=CCCC=C1.C=C(C)C(=C)Cl.C=NC.Cc1cc2ccccc2cc1C.Cc1cc2ccccc2cc1C(N)=O. The Morgan fingerprint density at radius 2 is 1.07 bits per heavy atom. The van der Waals surface area contributed by atoms with Crippen molar-refractivity contribution in [2.45, 2.75) is 54.4 Å². The van der Waals surface area contributed by atoms with Crippen LogP contribution in [-0.4, -0.2) is 19.7 Å². The molecule has 0 atom stereocenters. The summed E-state index contributed by atoms with van der Waals surface area (Å²) < 4.78 is 0. The minimum absolute atomic E-state index is 0.367. The van der Waals surface area contributed by atoms with Crippen LogP contribution >= 0.6 is 11.6 Å². The molecule has 0 heterocycles. The fourth-order valence-corrected chi connectivity index (χ4v) is 3.63. The van der Waals surface area contributed by atoms with E-state index in [9.17, 15) is 4.79 Å². The van der Waals surface area contributed by atoms with Gasteiger partial charge in [0, 0.05) is 17.6 Å². The van der Waals surface area contributed by atoms with Gasteiger partial charge in [-0.05, 0) is 111 Å². The number of hydrogen-bond acceptors (Lipinski definition) is 2. The van der Waals surface area contributed by atoms with Crippen molar-refractivity contribution >= 4 is 45.8 Å². The average molecular weight is 623 g/mol. The van der Waals surface area contributed by atoms with Gasteiger partial charge in [0.05, 0.1) is 0 Å². The maximum atomic E-state index is 11.1. The average Bonchev–Trinajstić information content (AvgIpc) is 3.03. The van der Waals surface area contributed by atoms with Gasteiger partial charge in [-0.2, -0.15) is 0 Å². The van der Waals surface area contributed by atoms with E-state index < -0.39 is 0 Å². The summed E-state index contributed by atoms with van der Waals surface area (Å²) in [6, 6.07) is 24.7. The molecule has 3 nitrogen and oxygen atoms in total. The van der Waals surface area contributed by atoms with Crippen molar-refractivity contribution in [3.8, 4) is 0 Å². The van der Waals surface area contributed by atoms with Crippen LogP contribution in [0.15, 0.2) is 138 Å². The molecular formula is C41H51ClN2O. The largest absolute Gasteiger partial charge is 0.366 e.